The summed E-state index contributed by atoms with van der Waals surface area (Å²) in [5.41, 5.74) is 5.33. The predicted molar refractivity (Wildman–Crippen MR) is 67.9 cm³/mol. The van der Waals surface area contributed by atoms with Gasteiger partial charge in [-0.25, -0.2) is 4.72 Å². The zero-order chi connectivity index (χ0) is 11.1. The van der Waals surface area contributed by atoms with Crippen LogP contribution < -0.4 is 10.5 Å². The Labute approximate surface area is 104 Å². The van der Waals surface area contributed by atoms with E-state index >= 15 is 0 Å². The first kappa shape index (κ1) is 16.1. The maximum atomic E-state index is 11.7. The third-order valence-electron chi connectivity index (χ3n) is 2.57. The van der Waals surface area contributed by atoms with E-state index in [1.54, 1.807) is 4.31 Å². The summed E-state index contributed by atoms with van der Waals surface area (Å²) in [6, 6.07) is 0. The van der Waals surface area contributed by atoms with Gasteiger partial charge in [0, 0.05) is 19.6 Å². The van der Waals surface area contributed by atoms with Gasteiger partial charge in [-0.1, -0.05) is 6.42 Å². The summed E-state index contributed by atoms with van der Waals surface area (Å²) >= 11 is 0. The molecule has 5 nitrogen and oxygen atoms in total. The Morgan fingerprint density at radius 3 is 2.31 bits per heavy atom. The Morgan fingerprint density at radius 1 is 1.12 bits per heavy atom. The first-order valence-electron chi connectivity index (χ1n) is 5.61. The molecule has 0 radical (unpaired) electrons. The summed E-state index contributed by atoms with van der Waals surface area (Å²) in [6.07, 6.45) is 4.76. The Balaban J connectivity index is 0.00000225. The minimum absolute atomic E-state index is 0. The number of nitrogens with two attached hydrogens (primary N) is 1. The second-order valence-electron chi connectivity index (χ2n) is 3.85. The van der Waals surface area contributed by atoms with Crippen LogP contribution in [0.3, 0.4) is 0 Å². The number of halogens is 1. The molecule has 0 bridgehead atoms. The van der Waals surface area contributed by atoms with E-state index in [2.05, 4.69) is 4.72 Å². The molecule has 16 heavy (non-hydrogen) atoms. The highest BCUT2D eigenvalue weighted by molar-refractivity contribution is 7.87. The van der Waals surface area contributed by atoms with Crippen molar-refractivity contribution in [3.05, 3.63) is 0 Å². The van der Waals surface area contributed by atoms with Crippen molar-refractivity contribution in [2.75, 3.05) is 26.2 Å². The number of unbranched alkanes of at least 4 members (excludes halogenated alkanes) is 1. The molecule has 0 aromatic heterocycles. The fraction of sp³-hybridized carbons (Fsp3) is 1.00. The molecule has 0 spiro atoms. The van der Waals surface area contributed by atoms with E-state index in [4.69, 9.17) is 5.73 Å². The molecule has 7 heteroatoms. The smallest absolute Gasteiger partial charge is 0.279 e. The second-order valence-corrected chi connectivity index (χ2v) is 5.61. The van der Waals surface area contributed by atoms with Gasteiger partial charge in [0.1, 0.15) is 0 Å². The summed E-state index contributed by atoms with van der Waals surface area (Å²) in [7, 11) is -3.22. The molecular weight excluding hydrogens is 250 g/mol. The molecule has 1 aliphatic rings. The van der Waals surface area contributed by atoms with E-state index in [-0.39, 0.29) is 12.4 Å². The van der Waals surface area contributed by atoms with Gasteiger partial charge < -0.3 is 5.73 Å². The van der Waals surface area contributed by atoms with Crippen LogP contribution in [0.1, 0.15) is 32.1 Å². The van der Waals surface area contributed by atoms with E-state index in [1.165, 1.54) is 0 Å². The van der Waals surface area contributed by atoms with Gasteiger partial charge >= 0.3 is 0 Å². The van der Waals surface area contributed by atoms with Crippen molar-refractivity contribution in [3.63, 3.8) is 0 Å². The lowest BCUT2D eigenvalue weighted by atomic mass is 10.2. The van der Waals surface area contributed by atoms with Gasteiger partial charge in [0.25, 0.3) is 10.2 Å². The van der Waals surface area contributed by atoms with Crippen molar-refractivity contribution in [1.29, 1.82) is 0 Å². The molecule has 1 saturated heterocycles. The van der Waals surface area contributed by atoms with Crippen molar-refractivity contribution >= 4 is 22.6 Å². The molecule has 1 heterocycles. The van der Waals surface area contributed by atoms with Gasteiger partial charge in [-0.3, -0.25) is 0 Å². The van der Waals surface area contributed by atoms with Crippen molar-refractivity contribution in [1.82, 2.24) is 9.03 Å². The summed E-state index contributed by atoms with van der Waals surface area (Å²) in [5.74, 6) is 0. The minimum atomic E-state index is -3.22. The highest BCUT2D eigenvalue weighted by Gasteiger charge is 2.22. The molecule has 0 aromatic rings. The van der Waals surface area contributed by atoms with Gasteiger partial charge in [-0.05, 0) is 32.2 Å². The molecular formula is C9H22ClN3O2S. The molecule has 1 rings (SSSR count). The fourth-order valence-electron chi connectivity index (χ4n) is 1.67. The zero-order valence-electron chi connectivity index (χ0n) is 9.52. The average Bonchev–Trinajstić information content (AvgIpc) is 2.26. The van der Waals surface area contributed by atoms with Gasteiger partial charge in [-0.15, -0.1) is 12.4 Å². The van der Waals surface area contributed by atoms with Gasteiger partial charge in [0.05, 0.1) is 0 Å². The van der Waals surface area contributed by atoms with Crippen LogP contribution in [0.25, 0.3) is 0 Å². The maximum absolute atomic E-state index is 11.7. The number of nitrogens with one attached hydrogen (secondary N) is 1. The lowest BCUT2D eigenvalue weighted by molar-refractivity contribution is 0.341. The van der Waals surface area contributed by atoms with E-state index < -0.39 is 10.2 Å². The van der Waals surface area contributed by atoms with Crippen LogP contribution in [0.15, 0.2) is 0 Å². The van der Waals surface area contributed by atoms with Crippen molar-refractivity contribution < 1.29 is 8.42 Å². The molecule has 0 unspecified atom stereocenters. The molecule has 1 fully saturated rings. The SMILES string of the molecule is Cl.NCCCCNS(=O)(=O)N1CCCCC1. The summed E-state index contributed by atoms with van der Waals surface area (Å²) in [4.78, 5) is 0. The molecule has 0 aromatic carbocycles. The third kappa shape index (κ3) is 5.45. The third-order valence-corrected chi connectivity index (χ3v) is 4.18. The highest BCUT2D eigenvalue weighted by Crippen LogP contribution is 2.11. The maximum Gasteiger partial charge on any atom is 0.279 e. The molecule has 0 saturated carbocycles. The van der Waals surface area contributed by atoms with Crippen LogP contribution in [-0.2, 0) is 10.2 Å². The van der Waals surface area contributed by atoms with Crippen molar-refractivity contribution in [3.8, 4) is 0 Å². The van der Waals surface area contributed by atoms with Gasteiger partial charge in [0.15, 0.2) is 0 Å². The largest absolute Gasteiger partial charge is 0.330 e. The number of piperidine rings is 1. The van der Waals surface area contributed by atoms with E-state index in [0.29, 0.717) is 26.2 Å². The molecule has 0 atom stereocenters. The van der Waals surface area contributed by atoms with Crippen molar-refractivity contribution in [2.24, 2.45) is 5.73 Å². The fourth-order valence-corrected chi connectivity index (χ4v) is 2.99. The molecule has 98 valence electrons. The molecule has 0 amide bonds. The average molecular weight is 272 g/mol. The number of hydrogen-bond donors (Lipinski definition) is 2. The van der Waals surface area contributed by atoms with Crippen LogP contribution in [0, 0.1) is 0 Å². The topological polar surface area (TPSA) is 75.4 Å². The molecule has 1 aliphatic heterocycles. The predicted octanol–water partition coefficient (Wildman–Crippen LogP) is 0.467. The summed E-state index contributed by atoms with van der Waals surface area (Å²) in [5, 5.41) is 0. The first-order valence-corrected chi connectivity index (χ1v) is 7.05. The first-order chi connectivity index (χ1) is 7.17. The highest BCUT2D eigenvalue weighted by atomic mass is 35.5. The van der Waals surface area contributed by atoms with Crippen LogP contribution >= 0.6 is 12.4 Å². The van der Waals surface area contributed by atoms with Crippen LogP contribution in [0.2, 0.25) is 0 Å². The monoisotopic (exact) mass is 271 g/mol. The lowest BCUT2D eigenvalue weighted by Gasteiger charge is -2.25. The summed E-state index contributed by atoms with van der Waals surface area (Å²) in [6.45, 7) is 2.43. The molecule has 3 N–H and O–H groups in total. The number of rotatable bonds is 6. The van der Waals surface area contributed by atoms with Crippen LogP contribution in [0.4, 0.5) is 0 Å². The van der Waals surface area contributed by atoms with Crippen LogP contribution in [-0.4, -0.2) is 38.9 Å². The minimum Gasteiger partial charge on any atom is -0.330 e. The van der Waals surface area contributed by atoms with Gasteiger partial charge in [-0.2, -0.15) is 12.7 Å². The quantitative estimate of drug-likeness (QED) is 0.690. The Bertz CT molecular complexity index is 266. The van der Waals surface area contributed by atoms with Crippen molar-refractivity contribution in [2.45, 2.75) is 32.1 Å². The van der Waals surface area contributed by atoms with E-state index in [9.17, 15) is 8.42 Å². The zero-order valence-corrected chi connectivity index (χ0v) is 11.2. The van der Waals surface area contributed by atoms with E-state index in [0.717, 1.165) is 32.1 Å². The Hall–Kier alpha value is 0.120. The molecule has 0 aliphatic carbocycles. The van der Waals surface area contributed by atoms with Gasteiger partial charge in [0.2, 0.25) is 0 Å². The Morgan fingerprint density at radius 2 is 1.75 bits per heavy atom. The van der Waals surface area contributed by atoms with E-state index in [1.807, 2.05) is 0 Å². The van der Waals surface area contributed by atoms with Crippen LogP contribution in [0.5, 0.6) is 0 Å². The lowest BCUT2D eigenvalue weighted by Crippen LogP contribution is -2.43. The standard InChI is InChI=1S/C9H21N3O2S.ClH/c10-6-2-3-7-11-15(13,14)12-8-4-1-5-9-12;/h11H,1-10H2;1H. The normalized spacial score (nSPS) is 18.1. The summed E-state index contributed by atoms with van der Waals surface area (Å²) < 4.78 is 27.6. The second kappa shape index (κ2) is 8.25. The number of nitrogens with zero attached hydrogens (tertiary/aromatic N) is 1. The Kier molecular flexibility index (Phi) is 8.31. The number of hydrogen-bond acceptors (Lipinski definition) is 3.